The second kappa shape index (κ2) is 3.53. The molecule has 0 saturated heterocycles. The maximum Gasteiger partial charge on any atom is 0.136 e. The van der Waals surface area contributed by atoms with Crippen molar-refractivity contribution in [2.45, 2.75) is 32.8 Å². The molecule has 3 nitrogen and oxygen atoms in total. The molecule has 0 bridgehead atoms. The molecule has 0 spiro atoms. The molecule has 0 unspecified atom stereocenters. The summed E-state index contributed by atoms with van der Waals surface area (Å²) in [6.45, 7) is 3.66. The van der Waals surface area contributed by atoms with Crippen molar-refractivity contribution in [3.63, 3.8) is 0 Å². The van der Waals surface area contributed by atoms with Crippen LogP contribution < -0.4 is 0 Å². The molecule has 1 aromatic heterocycles. The van der Waals surface area contributed by atoms with Crippen molar-refractivity contribution in [2.75, 3.05) is 0 Å². The van der Waals surface area contributed by atoms with Gasteiger partial charge in [0.05, 0.1) is 12.3 Å². The lowest BCUT2D eigenvalue weighted by molar-refractivity contribution is 0.185. The van der Waals surface area contributed by atoms with Crippen LogP contribution in [0, 0.1) is 6.92 Å². The van der Waals surface area contributed by atoms with E-state index in [-0.39, 0.29) is 6.10 Å². The Hall–Kier alpha value is -0.830. The van der Waals surface area contributed by atoms with Crippen molar-refractivity contribution in [2.24, 2.45) is 0 Å². The van der Waals surface area contributed by atoms with E-state index in [0.717, 1.165) is 24.2 Å². The molecular formula is C8H13NO2. The van der Waals surface area contributed by atoms with Crippen LogP contribution in [0.5, 0.6) is 0 Å². The van der Waals surface area contributed by atoms with Crippen molar-refractivity contribution >= 4 is 0 Å². The maximum absolute atomic E-state index is 8.99. The number of rotatable bonds is 3. The highest BCUT2D eigenvalue weighted by atomic mass is 16.5. The van der Waals surface area contributed by atoms with Crippen LogP contribution in [-0.2, 0) is 6.42 Å². The third-order valence-electron chi connectivity index (χ3n) is 1.68. The highest BCUT2D eigenvalue weighted by molar-refractivity contribution is 5.11. The van der Waals surface area contributed by atoms with Gasteiger partial charge in [-0.25, -0.2) is 0 Å². The predicted molar refractivity (Wildman–Crippen MR) is 41.2 cm³/mol. The number of aliphatic hydroxyl groups excluding tert-OH is 1. The van der Waals surface area contributed by atoms with Gasteiger partial charge in [0.15, 0.2) is 0 Å². The third kappa shape index (κ3) is 2.35. The van der Waals surface area contributed by atoms with Gasteiger partial charge in [0.25, 0.3) is 0 Å². The number of hydrogen-bond acceptors (Lipinski definition) is 3. The largest absolute Gasteiger partial charge is 0.393 e. The lowest BCUT2D eigenvalue weighted by Crippen LogP contribution is -2.01. The van der Waals surface area contributed by atoms with E-state index in [9.17, 15) is 0 Å². The molecule has 0 saturated carbocycles. The van der Waals surface area contributed by atoms with Crippen LogP contribution in [0.25, 0.3) is 0 Å². The fourth-order valence-electron chi connectivity index (χ4n) is 0.924. The Labute approximate surface area is 66.0 Å². The average Bonchev–Trinajstić information content (AvgIpc) is 2.31. The molecule has 0 aliphatic carbocycles. The lowest BCUT2D eigenvalue weighted by atomic mass is 10.1. The monoisotopic (exact) mass is 155 g/mol. The smallest absolute Gasteiger partial charge is 0.136 e. The highest BCUT2D eigenvalue weighted by Gasteiger charge is 2.03. The van der Waals surface area contributed by atoms with E-state index >= 15 is 0 Å². The Morgan fingerprint density at radius 1 is 1.73 bits per heavy atom. The third-order valence-corrected chi connectivity index (χ3v) is 1.68. The van der Waals surface area contributed by atoms with Gasteiger partial charge in [-0.1, -0.05) is 5.16 Å². The molecule has 0 aliphatic heterocycles. The van der Waals surface area contributed by atoms with Crippen LogP contribution in [0.2, 0.25) is 0 Å². The van der Waals surface area contributed by atoms with Crippen molar-refractivity contribution in [1.29, 1.82) is 0 Å². The number of aromatic nitrogens is 1. The summed E-state index contributed by atoms with van der Waals surface area (Å²) in [5.41, 5.74) is 1.09. The molecule has 11 heavy (non-hydrogen) atoms. The minimum absolute atomic E-state index is 0.246. The Kier molecular flexibility index (Phi) is 2.65. The number of aryl methyl sites for hydroxylation is 2. The van der Waals surface area contributed by atoms with Crippen molar-refractivity contribution < 1.29 is 9.63 Å². The van der Waals surface area contributed by atoms with Gasteiger partial charge < -0.3 is 9.63 Å². The van der Waals surface area contributed by atoms with Crippen LogP contribution in [-0.4, -0.2) is 16.4 Å². The van der Waals surface area contributed by atoms with Gasteiger partial charge in [-0.3, -0.25) is 0 Å². The zero-order valence-electron chi connectivity index (χ0n) is 6.87. The average molecular weight is 155 g/mol. The summed E-state index contributed by atoms with van der Waals surface area (Å²) >= 11 is 0. The van der Waals surface area contributed by atoms with Gasteiger partial charge in [0, 0.05) is 5.56 Å². The van der Waals surface area contributed by atoms with E-state index < -0.39 is 0 Å². The van der Waals surface area contributed by atoms with E-state index in [4.69, 9.17) is 9.63 Å². The molecule has 0 aliphatic rings. The first-order chi connectivity index (χ1) is 5.20. The first-order valence-electron chi connectivity index (χ1n) is 3.78. The minimum atomic E-state index is -0.246. The second-order valence-electron chi connectivity index (χ2n) is 2.79. The molecule has 1 rings (SSSR count). The summed E-state index contributed by atoms with van der Waals surface area (Å²) in [5.74, 6) is 0.852. The molecule has 62 valence electrons. The lowest BCUT2D eigenvalue weighted by Gasteiger charge is -2.00. The topological polar surface area (TPSA) is 46.3 Å². The summed E-state index contributed by atoms with van der Waals surface area (Å²) in [6.07, 6.45) is 3.07. The normalized spacial score (nSPS) is 13.4. The van der Waals surface area contributed by atoms with Gasteiger partial charge in [-0.2, -0.15) is 0 Å². The molecule has 1 N–H and O–H groups in total. The quantitative estimate of drug-likeness (QED) is 0.715. The molecule has 0 fully saturated rings. The van der Waals surface area contributed by atoms with Gasteiger partial charge in [0.2, 0.25) is 0 Å². The van der Waals surface area contributed by atoms with Crippen LogP contribution >= 0.6 is 0 Å². The first kappa shape index (κ1) is 8.27. The predicted octanol–water partition coefficient (Wildman–Crippen LogP) is 1.30. The number of aliphatic hydroxyl groups is 1. The first-order valence-corrected chi connectivity index (χ1v) is 3.78. The van der Waals surface area contributed by atoms with Gasteiger partial charge in [-0.05, 0) is 26.7 Å². The van der Waals surface area contributed by atoms with Crippen molar-refractivity contribution in [3.8, 4) is 0 Å². The summed E-state index contributed by atoms with van der Waals surface area (Å²) in [5, 5.41) is 12.6. The van der Waals surface area contributed by atoms with Crippen LogP contribution in [0.1, 0.15) is 24.7 Å². The Morgan fingerprint density at radius 2 is 2.45 bits per heavy atom. The molecule has 1 heterocycles. The molecule has 0 radical (unpaired) electrons. The van der Waals surface area contributed by atoms with Crippen LogP contribution in [0.4, 0.5) is 0 Å². The molecule has 1 aromatic rings. The van der Waals surface area contributed by atoms with Gasteiger partial charge in [0.1, 0.15) is 5.76 Å². The molecule has 3 heteroatoms. The highest BCUT2D eigenvalue weighted by Crippen LogP contribution is 2.09. The fraction of sp³-hybridized carbons (Fsp3) is 0.625. The Balaban J connectivity index is 2.44. The van der Waals surface area contributed by atoms with Gasteiger partial charge >= 0.3 is 0 Å². The van der Waals surface area contributed by atoms with Crippen LogP contribution in [0.15, 0.2) is 10.7 Å². The van der Waals surface area contributed by atoms with E-state index in [2.05, 4.69) is 5.16 Å². The molecule has 0 aromatic carbocycles. The maximum atomic E-state index is 8.99. The van der Waals surface area contributed by atoms with E-state index in [0.29, 0.717) is 0 Å². The standard InChI is InChI=1S/C8H13NO2/c1-6(10)3-4-8-5-9-11-7(8)2/h5-6,10H,3-4H2,1-2H3/t6-/m0/s1. The van der Waals surface area contributed by atoms with Crippen molar-refractivity contribution in [1.82, 2.24) is 5.16 Å². The molecule has 1 atom stereocenters. The SMILES string of the molecule is Cc1oncc1CC[C@H](C)O. The van der Waals surface area contributed by atoms with Crippen molar-refractivity contribution in [3.05, 3.63) is 17.5 Å². The van der Waals surface area contributed by atoms with E-state index in [1.807, 2.05) is 6.92 Å². The van der Waals surface area contributed by atoms with E-state index in [1.54, 1.807) is 13.1 Å². The second-order valence-corrected chi connectivity index (χ2v) is 2.79. The van der Waals surface area contributed by atoms with Crippen LogP contribution in [0.3, 0.4) is 0 Å². The summed E-state index contributed by atoms with van der Waals surface area (Å²) in [7, 11) is 0. The van der Waals surface area contributed by atoms with Gasteiger partial charge in [-0.15, -0.1) is 0 Å². The Bertz CT molecular complexity index is 218. The molecular weight excluding hydrogens is 142 g/mol. The zero-order valence-corrected chi connectivity index (χ0v) is 6.87. The minimum Gasteiger partial charge on any atom is -0.393 e. The summed E-state index contributed by atoms with van der Waals surface area (Å²) < 4.78 is 4.87. The number of nitrogens with zero attached hydrogens (tertiary/aromatic N) is 1. The summed E-state index contributed by atoms with van der Waals surface area (Å²) in [6, 6.07) is 0. The fourth-order valence-corrected chi connectivity index (χ4v) is 0.924. The molecule has 0 amide bonds. The zero-order chi connectivity index (χ0) is 8.27. The van der Waals surface area contributed by atoms with E-state index in [1.165, 1.54) is 0 Å². The Morgan fingerprint density at radius 3 is 2.91 bits per heavy atom. The number of hydrogen-bond donors (Lipinski definition) is 1. The summed E-state index contributed by atoms with van der Waals surface area (Å²) in [4.78, 5) is 0.